The minimum Gasteiger partial charge on any atom is -0.481 e. The highest BCUT2D eigenvalue weighted by atomic mass is 16.4. The molecule has 3 atom stereocenters. The number of carboxylic acid groups (broad SMARTS) is 1. The highest BCUT2D eigenvalue weighted by Gasteiger charge is 2.35. The molecule has 0 aromatic carbocycles. The normalized spacial score (nSPS) is 20.0. The summed E-state index contributed by atoms with van der Waals surface area (Å²) >= 11 is 0. The van der Waals surface area contributed by atoms with Gasteiger partial charge in [-0.25, -0.2) is 4.98 Å². The number of hydrogen-bond donors (Lipinski definition) is 3. The third-order valence-corrected chi connectivity index (χ3v) is 5.29. The van der Waals surface area contributed by atoms with E-state index in [0.717, 1.165) is 19.3 Å². The standard InChI is InChI=1S/C20H26N4O4/c1-2-3-8-15(18(25)22-14-9-6-7-13(14)20(27)28)23-19(26)17-16-10-4-5-11-24(16)12-21-17/h4-5,10-15H,2-3,6-9H2,1H3,(H,22,25)(H,23,26)(H,27,28)/t13-,14+,15+/m1/s1. The minimum atomic E-state index is -0.888. The van der Waals surface area contributed by atoms with E-state index in [-0.39, 0.29) is 17.6 Å². The second-order valence-corrected chi connectivity index (χ2v) is 7.25. The summed E-state index contributed by atoms with van der Waals surface area (Å²) < 4.78 is 1.74. The van der Waals surface area contributed by atoms with Crippen molar-refractivity contribution < 1.29 is 19.5 Å². The maximum atomic E-state index is 12.8. The fourth-order valence-electron chi connectivity index (χ4n) is 3.73. The molecule has 2 aromatic rings. The molecule has 1 aliphatic carbocycles. The van der Waals surface area contributed by atoms with Gasteiger partial charge in [-0.1, -0.05) is 32.3 Å². The summed E-state index contributed by atoms with van der Waals surface area (Å²) in [5.74, 6) is -2.19. The molecule has 0 saturated heterocycles. The molecule has 1 fully saturated rings. The molecule has 2 heterocycles. The Morgan fingerprint density at radius 2 is 2.14 bits per heavy atom. The van der Waals surface area contributed by atoms with Crippen molar-refractivity contribution >= 4 is 23.3 Å². The number of nitrogens with one attached hydrogen (secondary N) is 2. The fraction of sp³-hybridized carbons (Fsp3) is 0.500. The number of imidazole rings is 1. The topological polar surface area (TPSA) is 113 Å². The van der Waals surface area contributed by atoms with Gasteiger partial charge >= 0.3 is 5.97 Å². The predicted octanol–water partition coefficient (Wildman–Crippen LogP) is 1.99. The molecular weight excluding hydrogens is 360 g/mol. The third kappa shape index (κ3) is 4.32. The fourth-order valence-corrected chi connectivity index (χ4v) is 3.73. The lowest BCUT2D eigenvalue weighted by Crippen LogP contribution is -2.51. The number of carboxylic acids is 1. The summed E-state index contributed by atoms with van der Waals surface area (Å²) in [5.41, 5.74) is 0.926. The van der Waals surface area contributed by atoms with Gasteiger partial charge in [0.25, 0.3) is 5.91 Å². The van der Waals surface area contributed by atoms with Gasteiger partial charge in [0.05, 0.1) is 11.4 Å². The summed E-state index contributed by atoms with van der Waals surface area (Å²) in [5, 5.41) is 15.0. The Morgan fingerprint density at radius 3 is 2.89 bits per heavy atom. The number of amides is 2. The molecule has 28 heavy (non-hydrogen) atoms. The first-order valence-electron chi connectivity index (χ1n) is 9.77. The van der Waals surface area contributed by atoms with Crippen molar-refractivity contribution in [1.82, 2.24) is 20.0 Å². The molecule has 1 saturated carbocycles. The van der Waals surface area contributed by atoms with Crippen LogP contribution in [0.1, 0.15) is 55.9 Å². The zero-order valence-corrected chi connectivity index (χ0v) is 15.9. The van der Waals surface area contributed by atoms with Crippen molar-refractivity contribution in [2.24, 2.45) is 5.92 Å². The molecule has 2 amide bonds. The Hall–Kier alpha value is -2.90. The molecule has 0 aliphatic heterocycles. The Labute approximate surface area is 163 Å². The summed E-state index contributed by atoms with van der Waals surface area (Å²) in [4.78, 5) is 41.1. The molecule has 3 N–H and O–H groups in total. The van der Waals surface area contributed by atoms with Crippen LogP contribution in [0.25, 0.3) is 5.52 Å². The number of pyridine rings is 1. The van der Waals surface area contributed by atoms with Crippen LogP contribution >= 0.6 is 0 Å². The van der Waals surface area contributed by atoms with Gasteiger partial charge in [0.15, 0.2) is 5.69 Å². The SMILES string of the molecule is CCCC[C@H](NC(=O)c1ncn2ccccc12)C(=O)N[C@H]1CCC[C@H]1C(=O)O. The second-order valence-electron chi connectivity index (χ2n) is 7.25. The number of fused-ring (bicyclic) bond motifs is 1. The zero-order valence-electron chi connectivity index (χ0n) is 15.9. The van der Waals surface area contributed by atoms with E-state index in [9.17, 15) is 19.5 Å². The van der Waals surface area contributed by atoms with Gasteiger partial charge in [-0.2, -0.15) is 0 Å². The average molecular weight is 386 g/mol. The van der Waals surface area contributed by atoms with Crippen molar-refractivity contribution in [3.05, 3.63) is 36.4 Å². The maximum Gasteiger partial charge on any atom is 0.308 e. The van der Waals surface area contributed by atoms with Gasteiger partial charge < -0.3 is 20.1 Å². The molecule has 1 aliphatic rings. The van der Waals surface area contributed by atoms with Crippen LogP contribution < -0.4 is 10.6 Å². The molecule has 0 radical (unpaired) electrons. The van der Waals surface area contributed by atoms with Crippen LogP contribution in [0.15, 0.2) is 30.7 Å². The number of nitrogens with zero attached hydrogens (tertiary/aromatic N) is 2. The van der Waals surface area contributed by atoms with Gasteiger partial charge in [0, 0.05) is 12.2 Å². The first-order valence-corrected chi connectivity index (χ1v) is 9.77. The lowest BCUT2D eigenvalue weighted by atomic mass is 10.0. The van der Waals surface area contributed by atoms with E-state index in [1.807, 2.05) is 19.1 Å². The zero-order chi connectivity index (χ0) is 20.1. The predicted molar refractivity (Wildman–Crippen MR) is 103 cm³/mol. The summed E-state index contributed by atoms with van der Waals surface area (Å²) in [6.45, 7) is 2.01. The van der Waals surface area contributed by atoms with E-state index < -0.39 is 23.8 Å². The van der Waals surface area contributed by atoms with Crippen LogP contribution in [0.2, 0.25) is 0 Å². The van der Waals surface area contributed by atoms with Crippen LogP contribution in [0.5, 0.6) is 0 Å². The smallest absolute Gasteiger partial charge is 0.308 e. The molecule has 8 nitrogen and oxygen atoms in total. The Morgan fingerprint density at radius 1 is 1.32 bits per heavy atom. The Kier molecular flexibility index (Phi) is 6.28. The van der Waals surface area contributed by atoms with Crippen molar-refractivity contribution in [1.29, 1.82) is 0 Å². The van der Waals surface area contributed by atoms with E-state index in [0.29, 0.717) is 24.8 Å². The number of hydrogen-bond acceptors (Lipinski definition) is 4. The van der Waals surface area contributed by atoms with Crippen LogP contribution in [0.4, 0.5) is 0 Å². The monoisotopic (exact) mass is 386 g/mol. The minimum absolute atomic E-state index is 0.263. The molecular formula is C20H26N4O4. The number of carbonyl (C=O) groups is 3. The number of aliphatic carboxylic acids is 1. The van der Waals surface area contributed by atoms with Gasteiger partial charge in [-0.05, 0) is 31.4 Å². The van der Waals surface area contributed by atoms with Crippen LogP contribution in [-0.4, -0.2) is 44.4 Å². The number of unbranched alkanes of at least 4 members (excludes halogenated alkanes) is 1. The molecule has 8 heteroatoms. The second kappa shape index (κ2) is 8.86. The molecule has 2 aromatic heterocycles. The van der Waals surface area contributed by atoms with Crippen molar-refractivity contribution in [3.63, 3.8) is 0 Å². The first-order chi connectivity index (χ1) is 13.5. The maximum absolute atomic E-state index is 12.8. The van der Waals surface area contributed by atoms with Gasteiger partial charge in [-0.3, -0.25) is 14.4 Å². The van der Waals surface area contributed by atoms with Crippen molar-refractivity contribution in [2.75, 3.05) is 0 Å². The largest absolute Gasteiger partial charge is 0.481 e. The summed E-state index contributed by atoms with van der Waals surface area (Å²) in [7, 11) is 0. The number of carbonyl (C=O) groups excluding carboxylic acids is 2. The first kappa shape index (κ1) is 19.9. The van der Waals surface area contributed by atoms with E-state index in [1.54, 1.807) is 23.0 Å². The van der Waals surface area contributed by atoms with Crippen molar-refractivity contribution in [2.45, 2.75) is 57.5 Å². The van der Waals surface area contributed by atoms with Crippen molar-refractivity contribution in [3.8, 4) is 0 Å². The highest BCUT2D eigenvalue weighted by Crippen LogP contribution is 2.26. The Balaban J connectivity index is 1.71. The van der Waals surface area contributed by atoms with Gasteiger partial charge in [0.1, 0.15) is 12.4 Å². The third-order valence-electron chi connectivity index (χ3n) is 5.29. The quantitative estimate of drug-likeness (QED) is 0.642. The molecule has 0 bridgehead atoms. The van der Waals surface area contributed by atoms with Gasteiger partial charge in [0.2, 0.25) is 5.91 Å². The summed E-state index contributed by atoms with van der Waals surface area (Å²) in [6, 6.07) is 4.34. The number of rotatable bonds is 8. The van der Waals surface area contributed by atoms with Gasteiger partial charge in [-0.15, -0.1) is 0 Å². The Bertz CT molecular complexity index is 863. The van der Waals surface area contributed by atoms with E-state index in [4.69, 9.17) is 0 Å². The average Bonchev–Trinajstić information content (AvgIpc) is 3.31. The van der Waals surface area contributed by atoms with E-state index in [1.165, 1.54) is 0 Å². The van der Waals surface area contributed by atoms with E-state index in [2.05, 4.69) is 15.6 Å². The van der Waals surface area contributed by atoms with Crippen LogP contribution in [0, 0.1) is 5.92 Å². The van der Waals surface area contributed by atoms with E-state index >= 15 is 0 Å². The molecule has 3 rings (SSSR count). The molecule has 0 spiro atoms. The van der Waals surface area contributed by atoms with Crippen LogP contribution in [0.3, 0.4) is 0 Å². The lowest BCUT2D eigenvalue weighted by Gasteiger charge is -2.23. The highest BCUT2D eigenvalue weighted by molar-refractivity contribution is 6.01. The molecule has 150 valence electrons. The van der Waals surface area contributed by atoms with Crippen LogP contribution in [-0.2, 0) is 9.59 Å². The molecule has 0 unspecified atom stereocenters. The number of aromatic nitrogens is 2. The lowest BCUT2D eigenvalue weighted by molar-refractivity contribution is -0.142. The summed E-state index contributed by atoms with van der Waals surface area (Å²) in [6.07, 6.45) is 7.48.